The zero-order valence-electron chi connectivity index (χ0n) is 13.3. The Kier molecular flexibility index (Phi) is 8.91. The molecule has 2 unspecified atom stereocenters. The maximum absolute atomic E-state index is 9.88. The van der Waals surface area contributed by atoms with E-state index in [2.05, 4.69) is 0 Å². The van der Waals surface area contributed by atoms with Gasteiger partial charge in [-0.2, -0.15) is 0 Å². The highest BCUT2D eigenvalue weighted by Gasteiger charge is 2.09. The van der Waals surface area contributed by atoms with E-state index >= 15 is 0 Å². The molecule has 2 rings (SSSR count). The van der Waals surface area contributed by atoms with Crippen molar-refractivity contribution >= 4 is 21.6 Å². The van der Waals surface area contributed by atoms with Crippen LogP contribution in [-0.2, 0) is 0 Å². The first kappa shape index (κ1) is 19.0. The lowest BCUT2D eigenvalue weighted by molar-refractivity contribution is 0.126. The van der Waals surface area contributed by atoms with E-state index < -0.39 is 12.2 Å². The van der Waals surface area contributed by atoms with Crippen LogP contribution in [0.4, 0.5) is 0 Å². The van der Waals surface area contributed by atoms with Crippen LogP contribution in [0.3, 0.4) is 0 Å². The van der Waals surface area contributed by atoms with Gasteiger partial charge in [0.05, 0.1) is 12.2 Å². The van der Waals surface area contributed by atoms with Gasteiger partial charge in [-0.05, 0) is 24.3 Å². The molecule has 0 aliphatic heterocycles. The highest BCUT2D eigenvalue weighted by Crippen LogP contribution is 2.23. The predicted octanol–water partition coefficient (Wildman–Crippen LogP) is 3.25. The number of hydrogen-bond acceptors (Lipinski definition) is 6. The van der Waals surface area contributed by atoms with E-state index in [1.807, 2.05) is 60.7 Å². The van der Waals surface area contributed by atoms with Gasteiger partial charge < -0.3 is 19.7 Å². The van der Waals surface area contributed by atoms with Crippen molar-refractivity contribution in [2.75, 3.05) is 24.7 Å². The Hall–Kier alpha value is -1.34. The molecule has 0 aromatic heterocycles. The summed E-state index contributed by atoms with van der Waals surface area (Å²) in [5.41, 5.74) is 0. The summed E-state index contributed by atoms with van der Waals surface area (Å²) in [6, 6.07) is 18.9. The Balaban J connectivity index is 1.50. The second-order valence-electron chi connectivity index (χ2n) is 5.12. The molecular weight excluding hydrogens is 344 g/mol. The molecule has 0 spiro atoms. The summed E-state index contributed by atoms with van der Waals surface area (Å²) in [5.74, 6) is 2.60. The summed E-state index contributed by atoms with van der Waals surface area (Å²) in [7, 11) is 3.04. The molecule has 0 radical (unpaired) electrons. The van der Waals surface area contributed by atoms with Crippen LogP contribution in [0.2, 0.25) is 0 Å². The van der Waals surface area contributed by atoms with Gasteiger partial charge in [0.25, 0.3) is 0 Å². The zero-order valence-corrected chi connectivity index (χ0v) is 14.9. The van der Waals surface area contributed by atoms with E-state index in [4.69, 9.17) is 9.47 Å². The van der Waals surface area contributed by atoms with Crippen molar-refractivity contribution < 1.29 is 19.7 Å². The molecule has 0 aliphatic carbocycles. The monoisotopic (exact) mass is 366 g/mol. The van der Waals surface area contributed by atoms with Gasteiger partial charge in [-0.25, -0.2) is 0 Å². The highest BCUT2D eigenvalue weighted by atomic mass is 33.1. The van der Waals surface area contributed by atoms with E-state index in [-0.39, 0.29) is 13.2 Å². The summed E-state index contributed by atoms with van der Waals surface area (Å²) in [6.07, 6.45) is -1.08. The minimum absolute atomic E-state index is 0.261. The van der Waals surface area contributed by atoms with E-state index in [0.29, 0.717) is 11.5 Å². The fraction of sp³-hybridized carbons (Fsp3) is 0.333. The number of benzene rings is 2. The minimum atomic E-state index is -0.541. The van der Waals surface area contributed by atoms with Crippen molar-refractivity contribution in [3.8, 4) is 11.5 Å². The molecule has 0 aliphatic rings. The van der Waals surface area contributed by atoms with Crippen LogP contribution in [0.1, 0.15) is 0 Å². The summed E-state index contributed by atoms with van der Waals surface area (Å²) in [5, 5.41) is 19.8. The van der Waals surface area contributed by atoms with Crippen molar-refractivity contribution in [2.24, 2.45) is 0 Å². The topological polar surface area (TPSA) is 58.9 Å². The number of ether oxygens (including phenoxy) is 2. The number of aliphatic hydroxyl groups excluding tert-OH is 2. The average Bonchev–Trinajstić information content (AvgIpc) is 2.63. The molecule has 2 aromatic rings. The molecule has 4 nitrogen and oxygen atoms in total. The second-order valence-corrected chi connectivity index (χ2v) is 7.68. The average molecular weight is 367 g/mol. The quantitative estimate of drug-likeness (QED) is 0.470. The summed E-state index contributed by atoms with van der Waals surface area (Å²) < 4.78 is 11.0. The van der Waals surface area contributed by atoms with Crippen LogP contribution in [0.5, 0.6) is 11.5 Å². The van der Waals surface area contributed by atoms with Gasteiger partial charge in [-0.1, -0.05) is 58.0 Å². The molecule has 2 atom stereocenters. The number of hydrogen-bond donors (Lipinski definition) is 2. The first-order valence-electron chi connectivity index (χ1n) is 7.70. The zero-order chi connectivity index (χ0) is 17.0. The Labute approximate surface area is 150 Å². The van der Waals surface area contributed by atoms with Crippen molar-refractivity contribution in [2.45, 2.75) is 12.2 Å². The standard InChI is InChI=1S/C18H22O4S2/c19-15(11-21-17-7-3-1-4-8-17)13-23-24-14-16(20)12-22-18-9-5-2-6-10-18/h1-10,15-16,19-20H,11-14H2. The molecule has 2 aromatic carbocycles. The summed E-state index contributed by atoms with van der Waals surface area (Å²) in [4.78, 5) is 0. The number of para-hydroxylation sites is 2. The Bertz CT molecular complexity index is 502. The molecular formula is C18H22O4S2. The summed E-state index contributed by atoms with van der Waals surface area (Å²) >= 11 is 0. The molecule has 0 amide bonds. The van der Waals surface area contributed by atoms with E-state index in [9.17, 15) is 10.2 Å². The summed E-state index contributed by atoms with van der Waals surface area (Å²) in [6.45, 7) is 0.522. The van der Waals surface area contributed by atoms with Crippen molar-refractivity contribution in [3.63, 3.8) is 0 Å². The van der Waals surface area contributed by atoms with Crippen LogP contribution < -0.4 is 9.47 Å². The Morgan fingerprint density at radius 3 is 1.42 bits per heavy atom. The van der Waals surface area contributed by atoms with Crippen molar-refractivity contribution in [3.05, 3.63) is 60.7 Å². The van der Waals surface area contributed by atoms with Gasteiger partial charge in [0.15, 0.2) is 0 Å². The van der Waals surface area contributed by atoms with Crippen LogP contribution in [-0.4, -0.2) is 47.1 Å². The third kappa shape index (κ3) is 7.97. The number of aliphatic hydroxyl groups is 2. The first-order chi connectivity index (χ1) is 11.7. The van der Waals surface area contributed by atoms with E-state index in [0.717, 1.165) is 11.5 Å². The minimum Gasteiger partial charge on any atom is -0.491 e. The van der Waals surface area contributed by atoms with Crippen LogP contribution in [0.25, 0.3) is 0 Å². The SMILES string of the molecule is OC(COc1ccccc1)CSSCC(O)COc1ccccc1. The molecule has 0 saturated heterocycles. The molecule has 24 heavy (non-hydrogen) atoms. The third-order valence-electron chi connectivity index (χ3n) is 2.98. The maximum atomic E-state index is 9.88. The van der Waals surface area contributed by atoms with Crippen LogP contribution in [0, 0.1) is 0 Å². The van der Waals surface area contributed by atoms with Gasteiger partial charge in [-0.15, -0.1) is 0 Å². The lowest BCUT2D eigenvalue weighted by atomic mass is 10.3. The van der Waals surface area contributed by atoms with Gasteiger partial charge in [0.1, 0.15) is 24.7 Å². The van der Waals surface area contributed by atoms with Crippen molar-refractivity contribution in [1.29, 1.82) is 0 Å². The largest absolute Gasteiger partial charge is 0.491 e. The molecule has 6 heteroatoms. The molecule has 130 valence electrons. The van der Waals surface area contributed by atoms with Crippen LogP contribution in [0.15, 0.2) is 60.7 Å². The second kappa shape index (κ2) is 11.3. The van der Waals surface area contributed by atoms with Gasteiger partial charge >= 0.3 is 0 Å². The van der Waals surface area contributed by atoms with Gasteiger partial charge in [-0.3, -0.25) is 0 Å². The third-order valence-corrected chi connectivity index (χ3v) is 5.50. The van der Waals surface area contributed by atoms with Gasteiger partial charge in [0.2, 0.25) is 0 Å². The lowest BCUT2D eigenvalue weighted by Gasteiger charge is -2.13. The molecule has 0 bridgehead atoms. The number of rotatable bonds is 11. The molecule has 0 fully saturated rings. The van der Waals surface area contributed by atoms with E-state index in [1.54, 1.807) is 0 Å². The van der Waals surface area contributed by atoms with Gasteiger partial charge in [0, 0.05) is 11.5 Å². The maximum Gasteiger partial charge on any atom is 0.119 e. The van der Waals surface area contributed by atoms with E-state index in [1.165, 1.54) is 21.6 Å². The Morgan fingerprint density at radius 1 is 0.667 bits per heavy atom. The molecule has 0 heterocycles. The normalized spacial score (nSPS) is 13.2. The molecule has 0 saturated carbocycles. The van der Waals surface area contributed by atoms with Crippen molar-refractivity contribution in [1.82, 2.24) is 0 Å². The Morgan fingerprint density at radius 2 is 1.04 bits per heavy atom. The first-order valence-corrected chi connectivity index (χ1v) is 10.2. The van der Waals surface area contributed by atoms with Crippen LogP contribution >= 0.6 is 21.6 Å². The lowest BCUT2D eigenvalue weighted by Crippen LogP contribution is -2.21. The fourth-order valence-corrected chi connectivity index (χ4v) is 3.99. The molecule has 2 N–H and O–H groups in total. The highest BCUT2D eigenvalue weighted by molar-refractivity contribution is 8.76. The smallest absolute Gasteiger partial charge is 0.119 e. The fourth-order valence-electron chi connectivity index (χ4n) is 1.77. The predicted molar refractivity (Wildman–Crippen MR) is 101 cm³/mol.